The van der Waals surface area contributed by atoms with Crippen molar-refractivity contribution >= 4 is 23.6 Å². The van der Waals surface area contributed by atoms with Gasteiger partial charge in [0.2, 0.25) is 5.91 Å². The first kappa shape index (κ1) is 19.1. The highest BCUT2D eigenvalue weighted by atomic mass is 35.5. The van der Waals surface area contributed by atoms with Gasteiger partial charge in [-0.05, 0) is 36.6 Å². The molecule has 1 aliphatic carbocycles. The lowest BCUT2D eigenvalue weighted by Gasteiger charge is -2.18. The highest BCUT2D eigenvalue weighted by molar-refractivity contribution is 6.30. The van der Waals surface area contributed by atoms with Crippen LogP contribution in [0.4, 0.5) is 0 Å². The van der Waals surface area contributed by atoms with Gasteiger partial charge in [0.05, 0.1) is 0 Å². The maximum absolute atomic E-state index is 12.2. The fourth-order valence-corrected chi connectivity index (χ4v) is 3.54. The van der Waals surface area contributed by atoms with Gasteiger partial charge in [0, 0.05) is 17.1 Å². The summed E-state index contributed by atoms with van der Waals surface area (Å²) in [5.74, 6) is 0.00655. The Morgan fingerprint density at radius 3 is 2.12 bits per heavy atom. The van der Waals surface area contributed by atoms with Gasteiger partial charge in [0.15, 0.2) is 0 Å². The standard InChI is InChI=1S/C21H30ClNO/c22-19-12-10-11-18(17-19)15-16-21(24)23-20-13-8-6-4-2-1-3-5-7-9-14-20/h10-12,15-17,20H,1-9,13-14H2,(H,23,24)/b16-15+. The normalized spacial score (nSPS) is 18.7. The quantitative estimate of drug-likeness (QED) is 0.653. The first-order valence-electron chi connectivity index (χ1n) is 9.48. The molecule has 1 aromatic carbocycles. The highest BCUT2D eigenvalue weighted by Crippen LogP contribution is 2.17. The molecule has 1 amide bonds. The van der Waals surface area contributed by atoms with Crippen LogP contribution >= 0.6 is 11.6 Å². The lowest BCUT2D eigenvalue weighted by atomic mass is 9.98. The molecule has 0 spiro atoms. The molecule has 132 valence electrons. The monoisotopic (exact) mass is 347 g/mol. The van der Waals surface area contributed by atoms with Crippen molar-refractivity contribution in [1.29, 1.82) is 0 Å². The van der Waals surface area contributed by atoms with Crippen molar-refractivity contribution in [3.05, 3.63) is 40.9 Å². The SMILES string of the molecule is O=C(/C=C/c1cccc(Cl)c1)NC1CCCCCCCCCCC1. The van der Waals surface area contributed by atoms with E-state index in [1.165, 1.54) is 57.8 Å². The molecule has 24 heavy (non-hydrogen) atoms. The number of halogens is 1. The number of carbonyl (C=O) groups is 1. The molecule has 0 atom stereocenters. The molecule has 0 heterocycles. The first-order valence-corrected chi connectivity index (χ1v) is 9.86. The van der Waals surface area contributed by atoms with Crippen LogP contribution < -0.4 is 5.32 Å². The Bertz CT molecular complexity index is 514. The molecule has 1 aromatic rings. The van der Waals surface area contributed by atoms with Crippen LogP contribution in [0.25, 0.3) is 6.08 Å². The highest BCUT2D eigenvalue weighted by Gasteiger charge is 2.11. The number of hydrogen-bond donors (Lipinski definition) is 1. The topological polar surface area (TPSA) is 29.1 Å². The predicted molar refractivity (Wildman–Crippen MR) is 103 cm³/mol. The van der Waals surface area contributed by atoms with Crippen LogP contribution in [-0.2, 0) is 4.79 Å². The summed E-state index contributed by atoms with van der Waals surface area (Å²) in [5, 5.41) is 3.89. The van der Waals surface area contributed by atoms with Gasteiger partial charge >= 0.3 is 0 Å². The van der Waals surface area contributed by atoms with Gasteiger partial charge in [0.25, 0.3) is 0 Å². The molecular formula is C21H30ClNO. The third-order valence-corrected chi connectivity index (χ3v) is 4.96. The number of nitrogens with one attached hydrogen (secondary N) is 1. The van der Waals surface area contributed by atoms with Gasteiger partial charge in [0.1, 0.15) is 0 Å². The Morgan fingerprint density at radius 2 is 1.54 bits per heavy atom. The fourth-order valence-electron chi connectivity index (χ4n) is 3.34. The summed E-state index contributed by atoms with van der Waals surface area (Å²) in [6.07, 6.45) is 17.5. The summed E-state index contributed by atoms with van der Waals surface area (Å²) in [7, 11) is 0. The lowest BCUT2D eigenvalue weighted by molar-refractivity contribution is -0.117. The van der Waals surface area contributed by atoms with Crippen molar-refractivity contribution in [3.8, 4) is 0 Å². The number of amides is 1. The van der Waals surface area contributed by atoms with E-state index in [9.17, 15) is 4.79 Å². The van der Waals surface area contributed by atoms with Gasteiger partial charge in [-0.25, -0.2) is 0 Å². The molecule has 0 saturated heterocycles. The third-order valence-electron chi connectivity index (χ3n) is 4.73. The molecule has 2 nitrogen and oxygen atoms in total. The second kappa shape index (κ2) is 11.3. The molecule has 2 rings (SSSR count). The molecule has 1 saturated carbocycles. The summed E-state index contributed by atoms with van der Waals surface area (Å²) in [6, 6.07) is 7.87. The molecule has 3 heteroatoms. The van der Waals surface area contributed by atoms with E-state index in [2.05, 4.69) is 5.32 Å². The Hall–Kier alpha value is -1.28. The largest absolute Gasteiger partial charge is 0.350 e. The Morgan fingerprint density at radius 1 is 0.958 bits per heavy atom. The van der Waals surface area contributed by atoms with Crippen LogP contribution in [0.3, 0.4) is 0 Å². The summed E-state index contributed by atoms with van der Waals surface area (Å²) in [4.78, 5) is 12.2. The van der Waals surface area contributed by atoms with Crippen LogP contribution in [0.1, 0.15) is 76.2 Å². The van der Waals surface area contributed by atoms with Crippen LogP contribution in [-0.4, -0.2) is 11.9 Å². The molecule has 0 aromatic heterocycles. The lowest BCUT2D eigenvalue weighted by Crippen LogP contribution is -2.33. The molecule has 0 unspecified atom stereocenters. The van der Waals surface area contributed by atoms with E-state index in [-0.39, 0.29) is 5.91 Å². The van der Waals surface area contributed by atoms with E-state index in [0.29, 0.717) is 11.1 Å². The van der Waals surface area contributed by atoms with Gasteiger partial charge in [-0.2, -0.15) is 0 Å². The minimum absolute atomic E-state index is 0.00655. The Kier molecular flexibility index (Phi) is 8.97. The number of benzene rings is 1. The maximum Gasteiger partial charge on any atom is 0.244 e. The average molecular weight is 348 g/mol. The zero-order chi connectivity index (χ0) is 17.0. The molecule has 1 N–H and O–H groups in total. The molecule has 0 aliphatic heterocycles. The van der Waals surface area contributed by atoms with Gasteiger partial charge in [-0.1, -0.05) is 81.5 Å². The average Bonchev–Trinajstić information content (AvgIpc) is 2.55. The molecule has 0 radical (unpaired) electrons. The smallest absolute Gasteiger partial charge is 0.244 e. The molecular weight excluding hydrogens is 318 g/mol. The van der Waals surface area contributed by atoms with E-state index < -0.39 is 0 Å². The van der Waals surface area contributed by atoms with Crippen molar-refractivity contribution in [2.45, 2.75) is 76.7 Å². The number of hydrogen-bond acceptors (Lipinski definition) is 1. The Labute approximate surface area is 151 Å². The van der Waals surface area contributed by atoms with E-state index in [1.54, 1.807) is 6.08 Å². The molecule has 1 fully saturated rings. The Balaban J connectivity index is 1.82. The molecule has 0 bridgehead atoms. The zero-order valence-corrected chi connectivity index (χ0v) is 15.4. The van der Waals surface area contributed by atoms with Gasteiger partial charge < -0.3 is 5.32 Å². The summed E-state index contributed by atoms with van der Waals surface area (Å²) < 4.78 is 0. The summed E-state index contributed by atoms with van der Waals surface area (Å²) in [6.45, 7) is 0. The predicted octanol–water partition coefficient (Wildman–Crippen LogP) is 6.14. The van der Waals surface area contributed by atoms with Crippen molar-refractivity contribution in [2.24, 2.45) is 0 Å². The van der Waals surface area contributed by atoms with Crippen LogP contribution in [0.15, 0.2) is 30.3 Å². The van der Waals surface area contributed by atoms with Crippen molar-refractivity contribution in [2.75, 3.05) is 0 Å². The van der Waals surface area contributed by atoms with Crippen LogP contribution in [0, 0.1) is 0 Å². The van der Waals surface area contributed by atoms with Gasteiger partial charge in [-0.15, -0.1) is 0 Å². The molecule has 1 aliphatic rings. The van der Waals surface area contributed by atoms with E-state index >= 15 is 0 Å². The fraction of sp³-hybridized carbons (Fsp3) is 0.571. The van der Waals surface area contributed by atoms with Crippen LogP contribution in [0.2, 0.25) is 5.02 Å². The zero-order valence-electron chi connectivity index (χ0n) is 14.6. The minimum atomic E-state index is 0.00655. The number of rotatable bonds is 3. The second-order valence-corrected chi connectivity index (χ2v) is 7.29. The summed E-state index contributed by atoms with van der Waals surface area (Å²) >= 11 is 5.97. The summed E-state index contributed by atoms with van der Waals surface area (Å²) in [5.41, 5.74) is 0.955. The first-order chi connectivity index (χ1) is 11.7. The van der Waals surface area contributed by atoms with Crippen molar-refractivity contribution in [3.63, 3.8) is 0 Å². The second-order valence-electron chi connectivity index (χ2n) is 6.85. The maximum atomic E-state index is 12.2. The number of carbonyl (C=O) groups excluding carboxylic acids is 1. The van der Waals surface area contributed by atoms with E-state index in [1.807, 2.05) is 30.3 Å². The van der Waals surface area contributed by atoms with Gasteiger partial charge in [-0.3, -0.25) is 4.79 Å². The third kappa shape index (κ3) is 8.01. The minimum Gasteiger partial charge on any atom is -0.350 e. The van der Waals surface area contributed by atoms with Crippen molar-refractivity contribution < 1.29 is 4.79 Å². The van der Waals surface area contributed by atoms with Crippen molar-refractivity contribution in [1.82, 2.24) is 5.32 Å². The van der Waals surface area contributed by atoms with Crippen LogP contribution in [0.5, 0.6) is 0 Å². The van der Waals surface area contributed by atoms with E-state index in [0.717, 1.165) is 18.4 Å². The van der Waals surface area contributed by atoms with E-state index in [4.69, 9.17) is 11.6 Å².